The normalized spacial score (nSPS) is 21.3. The number of hydrogen-bond donors (Lipinski definition) is 1. The molecule has 2 aliphatic rings. The van der Waals surface area contributed by atoms with E-state index in [2.05, 4.69) is 19.8 Å². The number of sulfonamides is 1. The van der Waals surface area contributed by atoms with E-state index in [0.717, 1.165) is 48.9 Å². The van der Waals surface area contributed by atoms with E-state index in [0.29, 0.717) is 13.0 Å². The van der Waals surface area contributed by atoms with E-state index in [1.54, 1.807) is 12.4 Å². The first-order chi connectivity index (χ1) is 13.8. The Morgan fingerprint density at radius 1 is 1.17 bits per heavy atom. The van der Waals surface area contributed by atoms with E-state index in [-0.39, 0.29) is 6.04 Å². The molecule has 2 aromatic rings. The molecule has 156 valence electrons. The van der Waals surface area contributed by atoms with E-state index in [1.807, 2.05) is 31.2 Å². The molecule has 3 heterocycles. The predicted molar refractivity (Wildman–Crippen MR) is 113 cm³/mol. The largest absolute Gasteiger partial charge is 0.387 e. The Morgan fingerprint density at radius 2 is 1.86 bits per heavy atom. The highest BCUT2D eigenvalue weighted by atomic mass is 32.2. The maximum absolute atomic E-state index is 12.1. The van der Waals surface area contributed by atoms with Crippen LogP contribution in [-0.4, -0.2) is 73.4 Å². The molecule has 9 heteroatoms. The summed E-state index contributed by atoms with van der Waals surface area (Å²) in [5.74, 6) is 0.746. The monoisotopic (exact) mass is 417 g/mol. The van der Waals surface area contributed by atoms with Gasteiger partial charge in [0, 0.05) is 51.2 Å². The van der Waals surface area contributed by atoms with E-state index in [9.17, 15) is 13.5 Å². The van der Waals surface area contributed by atoms with E-state index >= 15 is 0 Å². The molecule has 0 spiro atoms. The lowest BCUT2D eigenvalue weighted by molar-refractivity contribution is 0.109. The fourth-order valence-corrected chi connectivity index (χ4v) is 5.53. The van der Waals surface area contributed by atoms with Crippen molar-refractivity contribution in [2.75, 3.05) is 48.2 Å². The van der Waals surface area contributed by atoms with Gasteiger partial charge >= 0.3 is 0 Å². The molecule has 1 saturated heterocycles. The zero-order valence-electron chi connectivity index (χ0n) is 16.8. The van der Waals surface area contributed by atoms with Crippen molar-refractivity contribution < 1.29 is 13.5 Å². The average molecular weight is 418 g/mol. The van der Waals surface area contributed by atoms with Crippen LogP contribution in [0.1, 0.15) is 24.2 Å². The zero-order valence-corrected chi connectivity index (χ0v) is 17.6. The molecule has 1 N–H and O–H groups in total. The van der Waals surface area contributed by atoms with E-state index < -0.39 is 16.1 Å². The Balaban J connectivity index is 1.39. The minimum absolute atomic E-state index is 0.0966. The Morgan fingerprint density at radius 3 is 2.52 bits per heavy atom. The van der Waals surface area contributed by atoms with Crippen LogP contribution < -0.4 is 9.21 Å². The van der Waals surface area contributed by atoms with Gasteiger partial charge in [-0.2, -0.15) is 0 Å². The molecule has 1 aromatic carbocycles. The van der Waals surface area contributed by atoms with E-state index in [1.165, 1.54) is 10.6 Å². The summed E-state index contributed by atoms with van der Waals surface area (Å²) in [5.41, 5.74) is 2.54. The Kier molecular flexibility index (Phi) is 5.46. The molecule has 0 aliphatic carbocycles. The Labute approximate surface area is 171 Å². The number of benzene rings is 1. The lowest BCUT2D eigenvalue weighted by atomic mass is 10.0. The number of β-amino-alcohol motifs (C(OH)–C–C–N with tert-alkyl or cyclic N) is 1. The number of hydrogen-bond acceptors (Lipinski definition) is 7. The quantitative estimate of drug-likeness (QED) is 0.777. The van der Waals surface area contributed by atoms with Crippen molar-refractivity contribution in [3.8, 4) is 0 Å². The lowest BCUT2D eigenvalue weighted by Crippen LogP contribution is -2.48. The van der Waals surface area contributed by atoms with Gasteiger partial charge < -0.3 is 10.0 Å². The highest BCUT2D eigenvalue weighted by molar-refractivity contribution is 7.92. The summed E-state index contributed by atoms with van der Waals surface area (Å²) < 4.78 is 25.6. The summed E-state index contributed by atoms with van der Waals surface area (Å²) in [4.78, 5) is 13.0. The smallest absolute Gasteiger partial charge is 0.232 e. The van der Waals surface area contributed by atoms with Crippen LogP contribution in [0.25, 0.3) is 0 Å². The van der Waals surface area contributed by atoms with Gasteiger partial charge in [0.05, 0.1) is 18.0 Å². The minimum Gasteiger partial charge on any atom is -0.387 e. The van der Waals surface area contributed by atoms with Crippen LogP contribution in [0.5, 0.6) is 0 Å². The molecule has 4 rings (SSSR count). The van der Waals surface area contributed by atoms with Crippen molar-refractivity contribution in [3.05, 3.63) is 47.8 Å². The van der Waals surface area contributed by atoms with Crippen molar-refractivity contribution in [1.29, 1.82) is 0 Å². The first-order valence-corrected chi connectivity index (χ1v) is 11.7. The highest BCUT2D eigenvalue weighted by Crippen LogP contribution is 2.35. The Hall–Kier alpha value is -2.23. The van der Waals surface area contributed by atoms with Crippen molar-refractivity contribution in [3.63, 3.8) is 0 Å². The molecule has 2 atom stereocenters. The number of anilines is 2. The van der Waals surface area contributed by atoms with Crippen LogP contribution in [0, 0.1) is 0 Å². The van der Waals surface area contributed by atoms with Gasteiger partial charge in [0.1, 0.15) is 0 Å². The first-order valence-electron chi connectivity index (χ1n) is 9.87. The van der Waals surface area contributed by atoms with Crippen LogP contribution in [0.15, 0.2) is 36.7 Å². The molecule has 1 aromatic heterocycles. The third-order valence-electron chi connectivity index (χ3n) is 5.64. The second-order valence-electron chi connectivity index (χ2n) is 7.85. The van der Waals surface area contributed by atoms with Crippen molar-refractivity contribution in [1.82, 2.24) is 14.9 Å². The molecule has 29 heavy (non-hydrogen) atoms. The fourth-order valence-electron chi connectivity index (χ4n) is 4.27. The molecular formula is C20H27N5O3S. The number of aliphatic hydroxyl groups is 1. The van der Waals surface area contributed by atoms with Gasteiger partial charge in [-0.15, -0.1) is 0 Å². The number of rotatable bonds is 5. The fraction of sp³-hybridized carbons (Fsp3) is 0.500. The number of piperazine rings is 1. The van der Waals surface area contributed by atoms with Crippen molar-refractivity contribution in [2.24, 2.45) is 0 Å². The van der Waals surface area contributed by atoms with Crippen LogP contribution in [0.3, 0.4) is 0 Å². The SMILES string of the molecule is C[C@@H]1Cc2cc([C@H](O)CN3CCN(c4ncccn4)CC3)ccc2N1S(C)(=O)=O. The third kappa shape index (κ3) is 4.22. The number of aliphatic hydroxyl groups excluding tert-OH is 1. The van der Waals surface area contributed by atoms with Gasteiger partial charge in [0.15, 0.2) is 0 Å². The van der Waals surface area contributed by atoms with Crippen LogP contribution in [-0.2, 0) is 16.4 Å². The number of aromatic nitrogens is 2. The molecule has 0 saturated carbocycles. The molecule has 0 amide bonds. The van der Waals surface area contributed by atoms with Gasteiger partial charge in [0.25, 0.3) is 0 Å². The molecule has 8 nitrogen and oxygen atoms in total. The minimum atomic E-state index is -3.30. The summed E-state index contributed by atoms with van der Waals surface area (Å²) in [7, 11) is -3.30. The maximum atomic E-state index is 12.1. The number of fused-ring (bicyclic) bond motifs is 1. The second-order valence-corrected chi connectivity index (χ2v) is 9.71. The molecule has 0 unspecified atom stereocenters. The van der Waals surface area contributed by atoms with Gasteiger partial charge in [-0.25, -0.2) is 18.4 Å². The van der Waals surface area contributed by atoms with E-state index in [4.69, 9.17) is 0 Å². The van der Waals surface area contributed by atoms with Gasteiger partial charge in [-0.1, -0.05) is 12.1 Å². The van der Waals surface area contributed by atoms with Crippen molar-refractivity contribution >= 4 is 21.7 Å². The molecule has 0 bridgehead atoms. The van der Waals surface area contributed by atoms with Crippen LogP contribution in [0.2, 0.25) is 0 Å². The summed E-state index contributed by atoms with van der Waals surface area (Å²) in [6.45, 7) is 5.77. The lowest BCUT2D eigenvalue weighted by Gasteiger charge is -2.35. The van der Waals surface area contributed by atoms with Crippen LogP contribution >= 0.6 is 0 Å². The third-order valence-corrected chi connectivity index (χ3v) is 6.91. The summed E-state index contributed by atoms with van der Waals surface area (Å²) in [6, 6.07) is 7.33. The number of nitrogens with zero attached hydrogens (tertiary/aromatic N) is 5. The molecule has 0 radical (unpaired) electrons. The average Bonchev–Trinajstić information content (AvgIpc) is 3.04. The Bertz CT molecular complexity index is 961. The van der Waals surface area contributed by atoms with Gasteiger partial charge in [-0.05, 0) is 36.6 Å². The standard InChI is InChI=1S/C20H27N5O3S/c1-15-12-17-13-16(4-5-18(17)25(15)29(2,27)28)19(26)14-23-8-10-24(11-9-23)20-21-6-3-7-22-20/h3-7,13,15,19,26H,8-12,14H2,1-2H3/t15-,19-/m1/s1. The zero-order chi connectivity index (χ0) is 20.6. The van der Waals surface area contributed by atoms with Gasteiger partial charge in [-0.3, -0.25) is 9.21 Å². The van der Waals surface area contributed by atoms with Crippen molar-refractivity contribution in [2.45, 2.75) is 25.5 Å². The predicted octanol–water partition coefficient (Wildman–Crippen LogP) is 1.04. The molecule has 1 fully saturated rings. The first kappa shape index (κ1) is 20.1. The topological polar surface area (TPSA) is 89.9 Å². The summed E-state index contributed by atoms with van der Waals surface area (Å²) in [6.07, 6.45) is 4.79. The second kappa shape index (κ2) is 7.89. The molecule has 2 aliphatic heterocycles. The van der Waals surface area contributed by atoms with Gasteiger partial charge in [0.2, 0.25) is 16.0 Å². The maximum Gasteiger partial charge on any atom is 0.232 e. The molecular weight excluding hydrogens is 390 g/mol. The highest BCUT2D eigenvalue weighted by Gasteiger charge is 2.33. The van der Waals surface area contributed by atoms with Crippen LogP contribution in [0.4, 0.5) is 11.6 Å². The summed E-state index contributed by atoms with van der Waals surface area (Å²) in [5, 5.41) is 10.8. The summed E-state index contributed by atoms with van der Waals surface area (Å²) >= 11 is 0.